The van der Waals surface area contributed by atoms with E-state index in [-0.39, 0.29) is 58.9 Å². The van der Waals surface area contributed by atoms with Crippen molar-refractivity contribution in [2.24, 2.45) is 0 Å². The third-order valence-corrected chi connectivity index (χ3v) is 16.7. The van der Waals surface area contributed by atoms with Crippen LogP contribution in [0.4, 0.5) is 0 Å². The number of hydrogen-bond donors (Lipinski definition) is 0. The summed E-state index contributed by atoms with van der Waals surface area (Å²) >= 11 is 0. The van der Waals surface area contributed by atoms with E-state index in [4.69, 9.17) is 28.4 Å². The Morgan fingerprint density at radius 1 is 0.543 bits per heavy atom. The lowest BCUT2D eigenvalue weighted by Crippen LogP contribution is -2.27. The number of nitrogens with zero attached hydrogens (tertiary/aromatic N) is 14. The average Bonchev–Trinajstić information content (AvgIpc) is 4.22. The third-order valence-electron chi connectivity index (χ3n) is 12.3. The zero-order valence-corrected chi connectivity index (χ0v) is 42.4. The monoisotopic (exact) mass is 1010 g/mol. The molecule has 6 aromatic heterocycles. The normalized spacial score (nSPS) is 17.8. The lowest BCUT2D eigenvalue weighted by Gasteiger charge is -2.20. The molecule has 376 valence electrons. The summed E-state index contributed by atoms with van der Waals surface area (Å²) in [6.45, 7) is 11.8. The fraction of sp³-hybridized carbons (Fsp3) is 0.545. The van der Waals surface area contributed by atoms with Gasteiger partial charge in [-0.15, -0.1) is 20.4 Å². The third kappa shape index (κ3) is 11.0. The van der Waals surface area contributed by atoms with Crippen molar-refractivity contribution in [2.45, 2.75) is 113 Å². The van der Waals surface area contributed by atoms with Crippen LogP contribution in [0.3, 0.4) is 0 Å². The first-order valence-electron chi connectivity index (χ1n) is 22.5. The molecule has 2 saturated heterocycles. The molecular weight excluding hydrogens is 949 g/mol. The van der Waals surface area contributed by atoms with E-state index < -0.39 is 42.0 Å². The molecule has 2 fully saturated rings. The predicted octanol–water partition coefficient (Wildman–Crippen LogP) is 4.26. The molecule has 0 N–H and O–H groups in total. The van der Waals surface area contributed by atoms with Gasteiger partial charge in [-0.05, 0) is 64.5 Å². The Morgan fingerprint density at radius 3 is 1.16 bits per heavy atom. The van der Waals surface area contributed by atoms with Crippen molar-refractivity contribution in [3.05, 3.63) is 83.5 Å². The van der Waals surface area contributed by atoms with Gasteiger partial charge in [0.2, 0.25) is 23.5 Å². The van der Waals surface area contributed by atoms with Crippen molar-refractivity contribution in [1.82, 2.24) is 69.4 Å². The number of methoxy groups -OCH3 is 4. The molecule has 0 unspecified atom stereocenters. The standard InChI is InChI=1S/2C22H29N7O5S/c2*1-13-9-23-19(24-10-13)14(2)15(3)35(30,31)11-17-27-28-20(16-7-6-8-34-16)29(17)18-21(32-4)25-12-26-22(18)33-5/h2*9-10,12,14-16H,6-8,11H2,1-5H3/t14-,15-,16+;14-,15-,16-/m00/s1. The van der Waals surface area contributed by atoms with Crippen LogP contribution >= 0.6 is 0 Å². The van der Waals surface area contributed by atoms with E-state index in [1.165, 1.54) is 41.1 Å². The van der Waals surface area contributed by atoms with Crippen molar-refractivity contribution >= 4 is 19.7 Å². The van der Waals surface area contributed by atoms with Crippen LogP contribution in [0.15, 0.2) is 37.4 Å². The van der Waals surface area contributed by atoms with E-state index in [9.17, 15) is 16.8 Å². The van der Waals surface area contributed by atoms with Gasteiger partial charge >= 0.3 is 0 Å². The first-order valence-corrected chi connectivity index (χ1v) is 25.9. The SMILES string of the molecule is COc1ncnc(OC)c1-n1c(CS(=O)(=O)[C@@H](C)[C@H](C)c2ncc(C)cn2)nnc1[C@@H]1CCCO1.COc1ncnc(OC)c1-n1c(CS(=O)(=O)[C@@H](C)[C@H](C)c2ncc(C)cn2)nnc1[C@H]1CCCO1. The molecule has 8 heterocycles. The molecule has 0 spiro atoms. The summed E-state index contributed by atoms with van der Waals surface area (Å²) in [5.41, 5.74) is 2.44. The molecule has 0 radical (unpaired) electrons. The van der Waals surface area contributed by atoms with Gasteiger partial charge in [-0.1, -0.05) is 13.8 Å². The first-order chi connectivity index (χ1) is 33.5. The number of aryl methyl sites for hydroxylation is 2. The molecule has 6 atom stereocenters. The lowest BCUT2D eigenvalue weighted by atomic mass is 10.1. The maximum absolute atomic E-state index is 13.5. The van der Waals surface area contributed by atoms with E-state index in [1.54, 1.807) is 61.6 Å². The van der Waals surface area contributed by atoms with Gasteiger partial charge in [-0.2, -0.15) is 19.9 Å². The summed E-state index contributed by atoms with van der Waals surface area (Å²) in [6, 6.07) is 0. The zero-order valence-electron chi connectivity index (χ0n) is 40.7. The molecule has 2 aliphatic heterocycles. The molecule has 26 heteroatoms. The number of aromatic nitrogens is 14. The van der Waals surface area contributed by atoms with E-state index >= 15 is 0 Å². The minimum atomic E-state index is -3.72. The van der Waals surface area contributed by atoms with E-state index in [2.05, 4.69) is 60.3 Å². The van der Waals surface area contributed by atoms with E-state index in [0.717, 1.165) is 36.8 Å². The van der Waals surface area contributed by atoms with Gasteiger partial charge in [0.25, 0.3) is 0 Å². The summed E-state index contributed by atoms with van der Waals surface area (Å²) in [7, 11) is -1.59. The fourth-order valence-corrected chi connectivity index (χ4v) is 11.0. The Morgan fingerprint density at radius 2 is 0.871 bits per heavy atom. The summed E-state index contributed by atoms with van der Waals surface area (Å²) in [5.74, 6) is 1.36. The zero-order chi connectivity index (χ0) is 50.3. The molecule has 24 nitrogen and oxygen atoms in total. The lowest BCUT2D eigenvalue weighted by molar-refractivity contribution is 0.103. The smallest absolute Gasteiger partial charge is 0.245 e. The quantitative estimate of drug-likeness (QED) is 0.116. The van der Waals surface area contributed by atoms with Crippen molar-refractivity contribution in [2.75, 3.05) is 41.7 Å². The summed E-state index contributed by atoms with van der Waals surface area (Å²) in [5, 5.41) is 15.6. The second-order valence-electron chi connectivity index (χ2n) is 16.9. The van der Waals surface area contributed by atoms with Crippen molar-refractivity contribution in [3.8, 4) is 34.9 Å². The van der Waals surface area contributed by atoms with Crippen LogP contribution in [0.25, 0.3) is 11.4 Å². The number of hydrogen-bond acceptors (Lipinski definition) is 22. The second kappa shape index (κ2) is 22.1. The van der Waals surface area contributed by atoms with Crippen LogP contribution in [0.1, 0.15) is 123 Å². The van der Waals surface area contributed by atoms with Gasteiger partial charge in [0.05, 0.1) is 38.9 Å². The number of rotatable bonds is 18. The topological polar surface area (TPSA) is 288 Å². The Balaban J connectivity index is 0.000000206. The second-order valence-corrected chi connectivity index (χ2v) is 21.7. The van der Waals surface area contributed by atoms with Gasteiger partial charge in [0.15, 0.2) is 54.3 Å². The summed E-state index contributed by atoms with van der Waals surface area (Å²) in [6.07, 6.45) is 11.8. The molecule has 0 amide bonds. The van der Waals surface area contributed by atoms with Gasteiger partial charge in [-0.3, -0.25) is 9.13 Å². The minimum absolute atomic E-state index is 0.186. The predicted molar refractivity (Wildman–Crippen MR) is 250 cm³/mol. The van der Waals surface area contributed by atoms with Crippen LogP contribution in [-0.4, -0.2) is 138 Å². The van der Waals surface area contributed by atoms with Gasteiger partial charge in [-0.25, -0.2) is 36.8 Å². The molecule has 0 aromatic carbocycles. The van der Waals surface area contributed by atoms with Crippen LogP contribution in [0.5, 0.6) is 23.5 Å². The Kier molecular flexibility index (Phi) is 16.3. The van der Waals surface area contributed by atoms with Crippen LogP contribution in [0, 0.1) is 13.8 Å². The minimum Gasteiger partial charge on any atom is -0.479 e. The molecule has 70 heavy (non-hydrogen) atoms. The summed E-state index contributed by atoms with van der Waals surface area (Å²) < 4.78 is 90.8. The van der Waals surface area contributed by atoms with Gasteiger partial charge in [0.1, 0.15) is 48.0 Å². The molecule has 0 bridgehead atoms. The highest BCUT2D eigenvalue weighted by molar-refractivity contribution is 7.91. The van der Waals surface area contributed by atoms with Crippen LogP contribution < -0.4 is 18.9 Å². The largest absolute Gasteiger partial charge is 0.479 e. The highest BCUT2D eigenvalue weighted by Gasteiger charge is 2.37. The van der Waals surface area contributed by atoms with Gasteiger partial charge in [0, 0.05) is 49.8 Å². The molecule has 0 saturated carbocycles. The number of sulfone groups is 2. The highest BCUT2D eigenvalue weighted by atomic mass is 32.2. The highest BCUT2D eigenvalue weighted by Crippen LogP contribution is 2.38. The molecule has 8 rings (SSSR count). The van der Waals surface area contributed by atoms with Crippen LogP contribution in [-0.2, 0) is 40.7 Å². The average molecular weight is 1010 g/mol. The Bertz CT molecular complexity index is 2700. The summed E-state index contributed by atoms with van der Waals surface area (Å²) in [4.78, 5) is 34.0. The van der Waals surface area contributed by atoms with Crippen molar-refractivity contribution < 1.29 is 45.3 Å². The number of ether oxygens (including phenoxy) is 6. The fourth-order valence-electron chi connectivity index (χ4n) is 7.93. The molecule has 0 aliphatic carbocycles. The van der Waals surface area contributed by atoms with E-state index in [0.29, 0.717) is 47.9 Å². The van der Waals surface area contributed by atoms with Gasteiger partial charge < -0.3 is 28.4 Å². The molecular formula is C44H58N14O10S2. The first kappa shape index (κ1) is 51.5. The maximum atomic E-state index is 13.5. The molecule has 2 aliphatic rings. The van der Waals surface area contributed by atoms with Crippen molar-refractivity contribution in [3.63, 3.8) is 0 Å². The Hall–Kier alpha value is -6.38. The maximum Gasteiger partial charge on any atom is 0.245 e. The Labute approximate surface area is 406 Å². The van der Waals surface area contributed by atoms with Crippen LogP contribution in [0.2, 0.25) is 0 Å². The van der Waals surface area contributed by atoms with E-state index in [1.807, 2.05) is 13.8 Å². The van der Waals surface area contributed by atoms with Crippen molar-refractivity contribution in [1.29, 1.82) is 0 Å². The molecule has 6 aromatic rings.